The molecule has 0 saturated carbocycles. The maximum Gasteiger partial charge on any atom is 0.227 e. The Bertz CT molecular complexity index is 967. The highest BCUT2D eigenvalue weighted by atomic mass is 35.5. The van der Waals surface area contributed by atoms with Gasteiger partial charge in [0.1, 0.15) is 0 Å². The van der Waals surface area contributed by atoms with E-state index in [1.54, 1.807) is 19.1 Å². The van der Waals surface area contributed by atoms with E-state index in [0.717, 1.165) is 11.3 Å². The summed E-state index contributed by atoms with van der Waals surface area (Å²) in [5, 5.41) is 7.50. The maximum absolute atomic E-state index is 12.1. The van der Waals surface area contributed by atoms with E-state index in [1.165, 1.54) is 6.92 Å². The molecule has 0 fully saturated rings. The molecule has 1 aromatic carbocycles. The molecule has 9 heteroatoms. The van der Waals surface area contributed by atoms with Crippen molar-refractivity contribution in [3.05, 3.63) is 45.7 Å². The number of nitrogens with one attached hydrogen (secondary N) is 1. The number of halogens is 1. The summed E-state index contributed by atoms with van der Waals surface area (Å²) >= 11 is 7.27. The normalized spacial score (nSPS) is 10.7. The Labute approximate surface area is 158 Å². The van der Waals surface area contributed by atoms with Crippen LogP contribution < -0.4 is 5.32 Å². The summed E-state index contributed by atoms with van der Waals surface area (Å²) in [5.41, 5.74) is 1.28. The van der Waals surface area contributed by atoms with Crippen LogP contribution >= 0.6 is 22.9 Å². The minimum atomic E-state index is -0.244. The molecule has 0 aliphatic rings. The van der Waals surface area contributed by atoms with Crippen molar-refractivity contribution in [1.29, 1.82) is 0 Å². The van der Waals surface area contributed by atoms with E-state index in [4.69, 9.17) is 16.1 Å². The molecule has 2 heterocycles. The highest BCUT2D eigenvalue weighted by Gasteiger charge is 2.15. The molecule has 0 atom stereocenters. The Morgan fingerprint density at radius 1 is 1.27 bits per heavy atom. The van der Waals surface area contributed by atoms with Crippen LogP contribution in [-0.2, 0) is 11.2 Å². The van der Waals surface area contributed by atoms with E-state index in [0.29, 0.717) is 38.0 Å². The first-order valence-electron chi connectivity index (χ1n) is 7.79. The van der Waals surface area contributed by atoms with E-state index >= 15 is 0 Å². The number of nitrogens with zero attached hydrogens (tertiary/aromatic N) is 3. The maximum atomic E-state index is 12.1. The van der Waals surface area contributed by atoms with E-state index in [2.05, 4.69) is 20.4 Å². The largest absolute Gasteiger partial charge is 0.339 e. The average molecular weight is 391 g/mol. The molecule has 7 nitrogen and oxygen atoms in total. The summed E-state index contributed by atoms with van der Waals surface area (Å²) in [7, 11) is 0. The van der Waals surface area contributed by atoms with Crippen molar-refractivity contribution in [3.8, 4) is 11.4 Å². The molecule has 1 N–H and O–H groups in total. The Balaban J connectivity index is 1.59. The molecule has 1 amide bonds. The zero-order valence-electron chi connectivity index (χ0n) is 14.1. The van der Waals surface area contributed by atoms with Crippen molar-refractivity contribution in [3.63, 3.8) is 0 Å². The van der Waals surface area contributed by atoms with Crippen molar-refractivity contribution in [1.82, 2.24) is 15.1 Å². The van der Waals surface area contributed by atoms with Crippen LogP contribution in [0.4, 0.5) is 5.13 Å². The predicted octanol–water partition coefficient (Wildman–Crippen LogP) is 3.93. The number of rotatable bonds is 6. The van der Waals surface area contributed by atoms with E-state index in [1.807, 2.05) is 12.1 Å². The number of carbonyl (C=O) groups is 2. The van der Waals surface area contributed by atoms with Gasteiger partial charge in [-0.25, -0.2) is 4.98 Å². The monoisotopic (exact) mass is 390 g/mol. The third-order valence-electron chi connectivity index (χ3n) is 3.51. The number of hydrogen-bond donors (Lipinski definition) is 1. The first-order chi connectivity index (χ1) is 12.4. The average Bonchev–Trinajstić information content (AvgIpc) is 3.20. The number of aryl methyl sites for hydroxylation is 2. The third kappa shape index (κ3) is 4.14. The van der Waals surface area contributed by atoms with Crippen LogP contribution in [-0.4, -0.2) is 26.8 Å². The topological polar surface area (TPSA) is 98.0 Å². The zero-order chi connectivity index (χ0) is 18.7. The van der Waals surface area contributed by atoms with Gasteiger partial charge in [-0.2, -0.15) is 4.98 Å². The van der Waals surface area contributed by atoms with Crippen LogP contribution in [0.2, 0.25) is 5.02 Å². The molecule has 3 rings (SSSR count). The van der Waals surface area contributed by atoms with Crippen molar-refractivity contribution in [2.24, 2.45) is 0 Å². The van der Waals surface area contributed by atoms with Crippen LogP contribution in [0, 0.1) is 6.92 Å². The van der Waals surface area contributed by atoms with E-state index in [-0.39, 0.29) is 24.5 Å². The molecule has 0 radical (unpaired) electrons. The molecule has 26 heavy (non-hydrogen) atoms. The van der Waals surface area contributed by atoms with Gasteiger partial charge in [-0.3, -0.25) is 9.59 Å². The highest BCUT2D eigenvalue weighted by molar-refractivity contribution is 7.17. The number of thiazole rings is 1. The van der Waals surface area contributed by atoms with E-state index in [9.17, 15) is 9.59 Å². The van der Waals surface area contributed by atoms with Crippen molar-refractivity contribution in [2.75, 3.05) is 5.32 Å². The van der Waals surface area contributed by atoms with Gasteiger partial charge in [0, 0.05) is 25.3 Å². The lowest BCUT2D eigenvalue weighted by Crippen LogP contribution is -2.12. The van der Waals surface area contributed by atoms with Crippen LogP contribution in [0.1, 0.15) is 34.6 Å². The number of ketones is 1. The minimum absolute atomic E-state index is 0.0709. The van der Waals surface area contributed by atoms with Crippen LogP contribution in [0.5, 0.6) is 0 Å². The van der Waals surface area contributed by atoms with Gasteiger partial charge in [-0.05, 0) is 19.1 Å². The zero-order valence-corrected chi connectivity index (χ0v) is 15.6. The summed E-state index contributed by atoms with van der Waals surface area (Å²) in [4.78, 5) is 32.5. The van der Waals surface area contributed by atoms with E-state index < -0.39 is 0 Å². The number of carbonyl (C=O) groups excluding carboxylic acids is 2. The fourth-order valence-electron chi connectivity index (χ4n) is 2.29. The van der Waals surface area contributed by atoms with Gasteiger partial charge in [0.2, 0.25) is 17.6 Å². The summed E-state index contributed by atoms with van der Waals surface area (Å²) in [6, 6.07) is 7.18. The van der Waals surface area contributed by atoms with Crippen LogP contribution in [0.25, 0.3) is 11.4 Å². The third-order valence-corrected chi connectivity index (χ3v) is 5.01. The van der Waals surface area contributed by atoms with Gasteiger partial charge in [0.05, 0.1) is 15.6 Å². The second-order valence-corrected chi connectivity index (χ2v) is 6.94. The number of hydrogen-bond acceptors (Lipinski definition) is 7. The number of Topliss-reactive ketones (excluding diaryl/α,β-unsaturated/α-hetero) is 1. The molecule has 0 aliphatic carbocycles. The molecule has 3 aromatic rings. The molecule has 0 bridgehead atoms. The number of anilines is 1. The Kier molecular flexibility index (Phi) is 5.43. The Morgan fingerprint density at radius 2 is 2.04 bits per heavy atom. The second kappa shape index (κ2) is 7.76. The molecule has 0 saturated heterocycles. The molecule has 0 aliphatic heterocycles. The number of benzene rings is 1. The predicted molar refractivity (Wildman–Crippen MR) is 98.6 cm³/mol. The lowest BCUT2D eigenvalue weighted by atomic mass is 10.2. The fourth-order valence-corrected chi connectivity index (χ4v) is 3.39. The van der Waals surface area contributed by atoms with Gasteiger partial charge < -0.3 is 9.84 Å². The smallest absolute Gasteiger partial charge is 0.227 e. The lowest BCUT2D eigenvalue weighted by molar-refractivity contribution is -0.116. The Hall–Kier alpha value is -2.58. The SMILES string of the molecule is CC(=O)c1sc(NC(=O)CCc2nc(-c3ccccc3Cl)no2)nc1C. The summed E-state index contributed by atoms with van der Waals surface area (Å²) in [6.45, 7) is 3.20. The highest BCUT2D eigenvalue weighted by Crippen LogP contribution is 2.25. The van der Waals surface area contributed by atoms with Crippen molar-refractivity contribution in [2.45, 2.75) is 26.7 Å². The second-order valence-electron chi connectivity index (χ2n) is 5.53. The Morgan fingerprint density at radius 3 is 2.73 bits per heavy atom. The van der Waals surface area contributed by atoms with Gasteiger partial charge in [-0.15, -0.1) is 0 Å². The molecule has 0 spiro atoms. The fraction of sp³-hybridized carbons (Fsp3) is 0.235. The van der Waals surface area contributed by atoms with Crippen molar-refractivity contribution < 1.29 is 14.1 Å². The first-order valence-corrected chi connectivity index (χ1v) is 8.99. The summed E-state index contributed by atoms with van der Waals surface area (Å²) in [5.74, 6) is 0.410. The molecule has 2 aromatic heterocycles. The lowest BCUT2D eigenvalue weighted by Gasteiger charge is -1.99. The van der Waals surface area contributed by atoms with Crippen molar-refractivity contribution >= 4 is 39.8 Å². The quantitative estimate of drug-likeness (QED) is 0.640. The molecular formula is C17H15ClN4O3S. The van der Waals surface area contributed by atoms with Crippen LogP contribution in [0.15, 0.2) is 28.8 Å². The summed E-state index contributed by atoms with van der Waals surface area (Å²) in [6.07, 6.45) is 0.436. The molecular weight excluding hydrogens is 376 g/mol. The standard InChI is InChI=1S/C17H15ClN4O3S/c1-9-15(10(2)23)26-17(19-9)20-13(24)7-8-14-21-16(22-25-14)11-5-3-4-6-12(11)18/h3-6H,7-8H2,1-2H3,(H,19,20,24). The first kappa shape index (κ1) is 18.2. The minimum Gasteiger partial charge on any atom is -0.339 e. The van der Waals surface area contributed by atoms with Gasteiger partial charge in [-0.1, -0.05) is 40.2 Å². The van der Waals surface area contributed by atoms with Gasteiger partial charge in [0.25, 0.3) is 0 Å². The van der Waals surface area contributed by atoms with Crippen LogP contribution in [0.3, 0.4) is 0 Å². The summed E-state index contributed by atoms with van der Waals surface area (Å²) < 4.78 is 5.17. The van der Waals surface area contributed by atoms with Gasteiger partial charge in [0.15, 0.2) is 10.9 Å². The number of amides is 1. The number of aromatic nitrogens is 3. The molecule has 134 valence electrons. The molecule has 0 unspecified atom stereocenters. The van der Waals surface area contributed by atoms with Gasteiger partial charge >= 0.3 is 0 Å².